The number of carbonyl (C=O) groups excluding carboxylic acids is 2. The summed E-state index contributed by atoms with van der Waals surface area (Å²) in [5.41, 5.74) is 1.62. The van der Waals surface area contributed by atoms with E-state index in [0.717, 1.165) is 50.6 Å². The van der Waals surface area contributed by atoms with Crippen LogP contribution in [0.3, 0.4) is 0 Å². The molecule has 3 fully saturated rings. The van der Waals surface area contributed by atoms with E-state index >= 15 is 0 Å². The molecule has 0 aromatic carbocycles. The van der Waals surface area contributed by atoms with E-state index in [1.54, 1.807) is 4.52 Å². The van der Waals surface area contributed by atoms with E-state index in [1.807, 2.05) is 18.2 Å². The van der Waals surface area contributed by atoms with Crippen molar-refractivity contribution in [1.29, 1.82) is 0 Å². The lowest BCUT2D eigenvalue weighted by Crippen LogP contribution is -2.36. The molecule has 3 aliphatic rings. The third-order valence-electron chi connectivity index (χ3n) is 7.18. The number of hydrogen-bond acceptors (Lipinski definition) is 4. The topological polar surface area (TPSA) is 79.6 Å². The van der Waals surface area contributed by atoms with Gasteiger partial charge in [0.1, 0.15) is 6.42 Å². The van der Waals surface area contributed by atoms with E-state index < -0.39 is 18.5 Å². The van der Waals surface area contributed by atoms with Crippen molar-refractivity contribution >= 4 is 23.4 Å². The third kappa shape index (κ3) is 4.31. The number of carbonyl (C=O) groups is 2. The number of nitrogens with one attached hydrogen (secondary N) is 1. The lowest BCUT2D eigenvalue weighted by molar-refractivity contribution is -0.161. The maximum absolute atomic E-state index is 12.6. The highest BCUT2D eigenvalue weighted by Crippen LogP contribution is 2.48. The van der Waals surface area contributed by atoms with Crippen molar-refractivity contribution in [1.82, 2.24) is 19.5 Å². The van der Waals surface area contributed by atoms with Crippen LogP contribution in [0.25, 0.3) is 5.65 Å². The molecule has 5 rings (SSSR count). The molecule has 1 aliphatic heterocycles. The number of nitrogens with zero attached hydrogens (tertiary/aromatic N) is 4. The highest BCUT2D eigenvalue weighted by atomic mass is 19.4. The van der Waals surface area contributed by atoms with Crippen molar-refractivity contribution in [3.05, 3.63) is 23.9 Å². The third-order valence-corrected chi connectivity index (χ3v) is 7.18. The van der Waals surface area contributed by atoms with E-state index in [1.165, 1.54) is 4.90 Å². The van der Waals surface area contributed by atoms with Gasteiger partial charge in [0.15, 0.2) is 5.65 Å². The largest absolute Gasteiger partial charge is 0.397 e. The normalized spacial score (nSPS) is 26.1. The summed E-state index contributed by atoms with van der Waals surface area (Å²) in [6, 6.07) is 5.81. The lowest BCUT2D eigenvalue weighted by atomic mass is 9.69. The molecule has 3 heterocycles. The maximum atomic E-state index is 12.6. The van der Waals surface area contributed by atoms with Gasteiger partial charge >= 0.3 is 6.18 Å². The molecule has 32 heavy (non-hydrogen) atoms. The number of alkyl halides is 3. The summed E-state index contributed by atoms with van der Waals surface area (Å²) in [6.07, 6.45) is 0.231. The van der Waals surface area contributed by atoms with Gasteiger partial charge in [-0.1, -0.05) is 6.07 Å². The van der Waals surface area contributed by atoms with Gasteiger partial charge < -0.3 is 4.90 Å². The van der Waals surface area contributed by atoms with Gasteiger partial charge in [0.05, 0.1) is 0 Å². The number of fused-ring (bicyclic) bond motifs is 1. The molecule has 172 valence electrons. The first kappa shape index (κ1) is 21.2. The number of likely N-dealkylation sites (tertiary alicyclic amines) is 1. The smallest absolute Gasteiger partial charge is 0.342 e. The minimum Gasteiger partial charge on any atom is -0.342 e. The zero-order valence-electron chi connectivity index (χ0n) is 17.7. The minimum atomic E-state index is -4.46. The van der Waals surface area contributed by atoms with Gasteiger partial charge in [-0.3, -0.25) is 14.9 Å². The fraction of sp³-hybridized carbons (Fsp3) is 0.636. The van der Waals surface area contributed by atoms with Crippen LogP contribution in [0.2, 0.25) is 0 Å². The Kier molecular flexibility index (Phi) is 5.13. The number of aromatic nitrogens is 3. The number of anilines is 1. The predicted molar refractivity (Wildman–Crippen MR) is 110 cm³/mol. The fourth-order valence-corrected chi connectivity index (χ4v) is 5.21. The second-order valence-corrected chi connectivity index (χ2v) is 9.55. The zero-order valence-corrected chi connectivity index (χ0v) is 17.7. The average molecular weight is 449 g/mol. The summed E-state index contributed by atoms with van der Waals surface area (Å²) in [5.74, 6) is -0.212. The molecule has 0 radical (unpaired) electrons. The van der Waals surface area contributed by atoms with E-state index in [-0.39, 0.29) is 23.2 Å². The van der Waals surface area contributed by atoms with Gasteiger partial charge in [-0.2, -0.15) is 18.2 Å². The quantitative estimate of drug-likeness (QED) is 0.768. The van der Waals surface area contributed by atoms with Crippen molar-refractivity contribution in [3.63, 3.8) is 0 Å². The van der Waals surface area contributed by atoms with Crippen molar-refractivity contribution in [3.8, 4) is 0 Å². The molecule has 2 aliphatic carbocycles. The molecule has 7 nitrogen and oxygen atoms in total. The van der Waals surface area contributed by atoms with Crippen LogP contribution < -0.4 is 5.32 Å². The summed E-state index contributed by atoms with van der Waals surface area (Å²) in [5, 5.41) is 7.31. The van der Waals surface area contributed by atoms with Crippen molar-refractivity contribution in [2.75, 3.05) is 18.4 Å². The Morgan fingerprint density at radius 3 is 2.56 bits per heavy atom. The Bertz CT molecular complexity index is 1040. The first-order valence-corrected chi connectivity index (χ1v) is 11.2. The summed E-state index contributed by atoms with van der Waals surface area (Å²) in [4.78, 5) is 29.9. The van der Waals surface area contributed by atoms with Gasteiger partial charge in [-0.05, 0) is 62.5 Å². The van der Waals surface area contributed by atoms with Crippen LogP contribution in [0, 0.1) is 11.3 Å². The molecule has 0 bridgehead atoms. The Morgan fingerprint density at radius 1 is 1.12 bits per heavy atom. The molecule has 0 unspecified atom stereocenters. The Hall–Kier alpha value is -2.65. The minimum absolute atomic E-state index is 0.0343. The van der Waals surface area contributed by atoms with Crippen LogP contribution in [0.4, 0.5) is 19.1 Å². The molecule has 1 N–H and O–H groups in total. The molecule has 2 saturated carbocycles. The second kappa shape index (κ2) is 7.74. The fourth-order valence-electron chi connectivity index (χ4n) is 5.21. The molecule has 2 aromatic heterocycles. The highest BCUT2D eigenvalue weighted by Gasteiger charge is 2.44. The van der Waals surface area contributed by atoms with Crippen LogP contribution in [-0.4, -0.2) is 50.6 Å². The highest BCUT2D eigenvalue weighted by molar-refractivity contribution is 5.92. The molecule has 2 amide bonds. The van der Waals surface area contributed by atoms with Gasteiger partial charge in [0, 0.05) is 30.6 Å². The first-order chi connectivity index (χ1) is 15.2. The monoisotopic (exact) mass is 449 g/mol. The number of halogens is 3. The number of rotatable bonds is 4. The molecule has 0 atom stereocenters. The molecule has 10 heteroatoms. The van der Waals surface area contributed by atoms with Crippen molar-refractivity contribution in [2.45, 2.75) is 63.5 Å². The number of amides is 2. The van der Waals surface area contributed by atoms with Gasteiger partial charge in [0.2, 0.25) is 17.8 Å². The van der Waals surface area contributed by atoms with Gasteiger partial charge in [0.25, 0.3) is 0 Å². The molecule has 1 spiro atoms. The molecule has 1 saturated heterocycles. The molecule has 2 aromatic rings. The lowest BCUT2D eigenvalue weighted by Gasteiger charge is -2.37. The van der Waals surface area contributed by atoms with Crippen LogP contribution >= 0.6 is 0 Å². The first-order valence-electron chi connectivity index (χ1n) is 11.2. The SMILES string of the molecule is O=C(Nc1nc2cccc(C3CCC4(CC3)CCN(C(=O)CC(F)(F)F)C4)n2n1)C1CC1. The summed E-state index contributed by atoms with van der Waals surface area (Å²) < 4.78 is 39.6. The van der Waals surface area contributed by atoms with Crippen molar-refractivity contribution in [2.24, 2.45) is 11.3 Å². The Balaban J connectivity index is 1.25. The van der Waals surface area contributed by atoms with E-state index in [9.17, 15) is 22.8 Å². The summed E-state index contributed by atoms with van der Waals surface area (Å²) in [7, 11) is 0. The molecular formula is C22H26F3N5O2. The average Bonchev–Trinajstić information content (AvgIpc) is 3.39. The van der Waals surface area contributed by atoms with Gasteiger partial charge in [-0.15, -0.1) is 5.10 Å². The zero-order chi connectivity index (χ0) is 22.5. The molecular weight excluding hydrogens is 423 g/mol. The van der Waals surface area contributed by atoms with Gasteiger partial charge in [-0.25, -0.2) is 4.52 Å². The Morgan fingerprint density at radius 2 is 1.88 bits per heavy atom. The van der Waals surface area contributed by atoms with Crippen LogP contribution in [0.5, 0.6) is 0 Å². The predicted octanol–water partition coefficient (Wildman–Crippen LogP) is 3.91. The van der Waals surface area contributed by atoms with Crippen molar-refractivity contribution < 1.29 is 22.8 Å². The van der Waals surface area contributed by atoms with Crippen LogP contribution in [0.1, 0.15) is 63.0 Å². The standard InChI is InChI=1S/C22H26F3N5O2/c23-22(24,25)12-18(31)29-11-10-21(13-29)8-6-14(7-9-21)16-2-1-3-17-26-20(28-30(16)17)27-19(32)15-4-5-15/h1-3,14-15H,4-13H2,(H,27,28,32). The second-order valence-electron chi connectivity index (χ2n) is 9.55. The van der Waals surface area contributed by atoms with Crippen LogP contribution in [0.15, 0.2) is 18.2 Å². The summed E-state index contributed by atoms with van der Waals surface area (Å²) >= 11 is 0. The summed E-state index contributed by atoms with van der Waals surface area (Å²) in [6.45, 7) is 0.821. The number of pyridine rings is 1. The van der Waals surface area contributed by atoms with E-state index in [0.29, 0.717) is 24.7 Å². The van der Waals surface area contributed by atoms with Crippen LogP contribution in [-0.2, 0) is 9.59 Å². The number of hydrogen-bond donors (Lipinski definition) is 1. The van der Waals surface area contributed by atoms with E-state index in [4.69, 9.17) is 0 Å². The van der Waals surface area contributed by atoms with E-state index in [2.05, 4.69) is 15.4 Å². The Labute approximate surface area is 183 Å². The maximum Gasteiger partial charge on any atom is 0.397 e.